The number of hydrogen-bond donors (Lipinski definition) is 2. The second kappa shape index (κ2) is 6.54. The third kappa shape index (κ3) is 4.01. The highest BCUT2D eigenvalue weighted by Crippen LogP contribution is 2.17. The lowest BCUT2D eigenvalue weighted by atomic mass is 10.00. The van der Waals surface area contributed by atoms with Crippen molar-refractivity contribution >= 4 is 10.2 Å². The van der Waals surface area contributed by atoms with Crippen molar-refractivity contribution in [2.75, 3.05) is 33.2 Å². The normalized spacial score (nSPS) is 23.5. The maximum Gasteiger partial charge on any atom is 0.279 e. The van der Waals surface area contributed by atoms with Crippen LogP contribution in [0.15, 0.2) is 0 Å². The average Bonchev–Trinajstić information content (AvgIpc) is 2.27. The molecule has 0 aliphatic carbocycles. The number of rotatable bonds is 6. The van der Waals surface area contributed by atoms with Crippen LogP contribution < -0.4 is 10.0 Å². The summed E-state index contributed by atoms with van der Waals surface area (Å²) in [4.78, 5) is 0. The zero-order valence-electron chi connectivity index (χ0n) is 10.2. The van der Waals surface area contributed by atoms with E-state index in [1.165, 1.54) is 0 Å². The Bertz CT molecular complexity index is 290. The van der Waals surface area contributed by atoms with Crippen molar-refractivity contribution in [1.29, 1.82) is 0 Å². The molecule has 1 saturated heterocycles. The lowest BCUT2D eigenvalue weighted by molar-refractivity contribution is 0.261. The van der Waals surface area contributed by atoms with Gasteiger partial charge in [0.25, 0.3) is 10.2 Å². The summed E-state index contributed by atoms with van der Waals surface area (Å²) in [5.41, 5.74) is 0. The van der Waals surface area contributed by atoms with Gasteiger partial charge in [0.15, 0.2) is 0 Å². The maximum absolute atomic E-state index is 11.9. The molecule has 5 nitrogen and oxygen atoms in total. The van der Waals surface area contributed by atoms with E-state index in [-0.39, 0.29) is 0 Å². The Morgan fingerprint density at radius 1 is 1.44 bits per heavy atom. The monoisotopic (exact) mass is 249 g/mol. The highest BCUT2D eigenvalue weighted by Gasteiger charge is 2.27. The minimum Gasteiger partial charge on any atom is -0.319 e. The van der Waals surface area contributed by atoms with Gasteiger partial charge in [-0.3, -0.25) is 0 Å². The van der Waals surface area contributed by atoms with Crippen molar-refractivity contribution in [3.63, 3.8) is 0 Å². The van der Waals surface area contributed by atoms with Crippen LogP contribution in [-0.2, 0) is 10.2 Å². The highest BCUT2D eigenvalue weighted by molar-refractivity contribution is 7.87. The van der Waals surface area contributed by atoms with Gasteiger partial charge in [-0.25, -0.2) is 4.72 Å². The fourth-order valence-electron chi connectivity index (χ4n) is 2.02. The molecule has 96 valence electrons. The van der Waals surface area contributed by atoms with E-state index in [2.05, 4.69) is 10.0 Å². The molecule has 2 N–H and O–H groups in total. The molecule has 0 amide bonds. The van der Waals surface area contributed by atoms with E-state index >= 15 is 0 Å². The largest absolute Gasteiger partial charge is 0.319 e. The highest BCUT2D eigenvalue weighted by atomic mass is 32.2. The molecular formula is C10H23N3O2S. The smallest absolute Gasteiger partial charge is 0.279 e. The molecule has 1 atom stereocenters. The van der Waals surface area contributed by atoms with Crippen molar-refractivity contribution in [3.05, 3.63) is 0 Å². The van der Waals surface area contributed by atoms with Crippen molar-refractivity contribution in [2.24, 2.45) is 5.92 Å². The molecule has 1 aliphatic heterocycles. The SMILES string of the molecule is CCCNS(=O)(=O)N1CCCC(CNC)C1. The average molecular weight is 249 g/mol. The summed E-state index contributed by atoms with van der Waals surface area (Å²) in [6.07, 6.45) is 2.90. The molecule has 1 aliphatic rings. The standard InChI is InChI=1S/C10H23N3O2S/c1-3-6-12-16(14,15)13-7-4-5-10(9-13)8-11-2/h10-12H,3-9H2,1-2H3. The van der Waals surface area contributed by atoms with Crippen LogP contribution in [0.2, 0.25) is 0 Å². The summed E-state index contributed by atoms with van der Waals surface area (Å²) in [6, 6.07) is 0. The molecule has 1 heterocycles. The van der Waals surface area contributed by atoms with Crippen molar-refractivity contribution in [3.8, 4) is 0 Å². The fourth-order valence-corrected chi connectivity index (χ4v) is 3.44. The van der Waals surface area contributed by atoms with E-state index in [4.69, 9.17) is 0 Å². The Kier molecular flexibility index (Phi) is 5.68. The van der Waals surface area contributed by atoms with Crippen LogP contribution in [0.4, 0.5) is 0 Å². The minimum atomic E-state index is -3.24. The molecule has 0 aromatic rings. The first-order valence-electron chi connectivity index (χ1n) is 5.99. The van der Waals surface area contributed by atoms with Gasteiger partial charge >= 0.3 is 0 Å². The Balaban J connectivity index is 2.52. The molecule has 0 aromatic carbocycles. The first kappa shape index (κ1) is 13.9. The molecule has 0 aromatic heterocycles. The molecule has 1 unspecified atom stereocenters. The topological polar surface area (TPSA) is 61.4 Å². The lowest BCUT2D eigenvalue weighted by Crippen LogP contribution is -2.47. The van der Waals surface area contributed by atoms with Crippen LogP contribution in [0, 0.1) is 5.92 Å². The lowest BCUT2D eigenvalue weighted by Gasteiger charge is -2.31. The third-order valence-electron chi connectivity index (χ3n) is 2.85. The molecule has 16 heavy (non-hydrogen) atoms. The van der Waals surface area contributed by atoms with Crippen LogP contribution in [0.1, 0.15) is 26.2 Å². The summed E-state index contributed by atoms with van der Waals surface area (Å²) in [5.74, 6) is 0.442. The van der Waals surface area contributed by atoms with E-state index in [0.717, 1.165) is 25.8 Å². The Hall–Kier alpha value is -0.170. The van der Waals surface area contributed by atoms with E-state index < -0.39 is 10.2 Å². The number of nitrogens with one attached hydrogen (secondary N) is 2. The first-order chi connectivity index (χ1) is 7.60. The quantitative estimate of drug-likeness (QED) is 0.705. The van der Waals surface area contributed by atoms with Crippen LogP contribution in [0.3, 0.4) is 0 Å². The summed E-state index contributed by atoms with van der Waals surface area (Å²) >= 11 is 0. The molecule has 0 radical (unpaired) electrons. The fraction of sp³-hybridized carbons (Fsp3) is 1.00. The molecule has 6 heteroatoms. The first-order valence-corrected chi connectivity index (χ1v) is 7.43. The molecule has 0 bridgehead atoms. The van der Waals surface area contributed by atoms with Crippen LogP contribution >= 0.6 is 0 Å². The molecule has 0 spiro atoms. The summed E-state index contributed by atoms with van der Waals surface area (Å²) in [7, 11) is -1.34. The zero-order valence-corrected chi connectivity index (χ0v) is 11.0. The number of hydrogen-bond acceptors (Lipinski definition) is 3. The third-order valence-corrected chi connectivity index (χ3v) is 4.43. The van der Waals surface area contributed by atoms with Gasteiger partial charge in [0.1, 0.15) is 0 Å². The van der Waals surface area contributed by atoms with E-state index in [0.29, 0.717) is 25.6 Å². The molecular weight excluding hydrogens is 226 g/mol. The van der Waals surface area contributed by atoms with Gasteiger partial charge in [0.05, 0.1) is 0 Å². The van der Waals surface area contributed by atoms with Crippen LogP contribution in [-0.4, -0.2) is 45.9 Å². The predicted molar refractivity (Wildman–Crippen MR) is 65.4 cm³/mol. The number of piperidine rings is 1. The molecule has 1 rings (SSSR count). The second-order valence-electron chi connectivity index (χ2n) is 4.32. The predicted octanol–water partition coefficient (Wildman–Crippen LogP) is 0.162. The number of nitrogens with zero attached hydrogens (tertiary/aromatic N) is 1. The van der Waals surface area contributed by atoms with Crippen molar-refractivity contribution < 1.29 is 8.42 Å². The summed E-state index contributed by atoms with van der Waals surface area (Å²) in [5, 5.41) is 3.11. The molecule has 0 saturated carbocycles. The van der Waals surface area contributed by atoms with Gasteiger partial charge in [0, 0.05) is 19.6 Å². The minimum absolute atomic E-state index is 0.442. The van der Waals surface area contributed by atoms with E-state index in [9.17, 15) is 8.42 Å². The van der Waals surface area contributed by atoms with Gasteiger partial charge < -0.3 is 5.32 Å². The van der Waals surface area contributed by atoms with Gasteiger partial charge in [-0.15, -0.1) is 0 Å². The summed E-state index contributed by atoms with van der Waals surface area (Å²) < 4.78 is 28.0. The van der Waals surface area contributed by atoms with Gasteiger partial charge in [-0.2, -0.15) is 12.7 Å². The van der Waals surface area contributed by atoms with Gasteiger partial charge in [-0.1, -0.05) is 6.92 Å². The van der Waals surface area contributed by atoms with Gasteiger partial charge in [-0.05, 0) is 38.8 Å². The maximum atomic E-state index is 11.9. The Morgan fingerprint density at radius 3 is 2.81 bits per heavy atom. The van der Waals surface area contributed by atoms with Crippen LogP contribution in [0.25, 0.3) is 0 Å². The van der Waals surface area contributed by atoms with Crippen molar-refractivity contribution in [1.82, 2.24) is 14.3 Å². The van der Waals surface area contributed by atoms with E-state index in [1.807, 2.05) is 14.0 Å². The van der Waals surface area contributed by atoms with E-state index in [1.54, 1.807) is 4.31 Å². The van der Waals surface area contributed by atoms with Crippen molar-refractivity contribution in [2.45, 2.75) is 26.2 Å². The van der Waals surface area contributed by atoms with Gasteiger partial charge in [0.2, 0.25) is 0 Å². The zero-order chi connectivity index (χ0) is 12.0. The Morgan fingerprint density at radius 2 is 2.19 bits per heavy atom. The van der Waals surface area contributed by atoms with Crippen LogP contribution in [0.5, 0.6) is 0 Å². The Labute approximate surface area is 98.8 Å². The molecule has 1 fully saturated rings. The summed E-state index contributed by atoms with van der Waals surface area (Å²) in [6.45, 7) is 4.66. The second-order valence-corrected chi connectivity index (χ2v) is 6.08.